The highest BCUT2D eigenvalue weighted by molar-refractivity contribution is 5.97. The van der Waals surface area contributed by atoms with Gasteiger partial charge in [-0.05, 0) is 51.1 Å². The lowest BCUT2D eigenvalue weighted by atomic mass is 10.2. The number of benzene rings is 1. The van der Waals surface area contributed by atoms with Gasteiger partial charge in [-0.15, -0.1) is 0 Å². The predicted octanol–water partition coefficient (Wildman–Crippen LogP) is 2.92. The molecule has 0 unspecified atom stereocenters. The van der Waals surface area contributed by atoms with E-state index in [0.29, 0.717) is 22.8 Å². The van der Waals surface area contributed by atoms with Crippen LogP contribution in [0, 0.1) is 13.8 Å². The van der Waals surface area contributed by atoms with Gasteiger partial charge >= 0.3 is 5.97 Å². The molecule has 2 aromatic rings. The van der Waals surface area contributed by atoms with Gasteiger partial charge in [0.2, 0.25) is 0 Å². The molecule has 0 saturated carbocycles. The van der Waals surface area contributed by atoms with Gasteiger partial charge in [-0.3, -0.25) is 4.79 Å². The molecule has 2 heterocycles. The Morgan fingerprint density at radius 3 is 2.41 bits per heavy atom. The zero-order chi connectivity index (χ0) is 19.4. The molecule has 3 rings (SSSR count). The summed E-state index contributed by atoms with van der Waals surface area (Å²) in [5.41, 5.74) is 2.07. The van der Waals surface area contributed by atoms with Crippen molar-refractivity contribution in [1.82, 2.24) is 0 Å². The number of furan rings is 1. The van der Waals surface area contributed by atoms with Crippen molar-refractivity contribution in [3.05, 3.63) is 47.4 Å². The lowest BCUT2D eigenvalue weighted by Gasteiger charge is -2.28. The monoisotopic (exact) mass is 372 g/mol. The molecule has 0 aliphatic carbocycles. The molecule has 144 valence electrons. The van der Waals surface area contributed by atoms with Gasteiger partial charge in [-0.2, -0.15) is 0 Å². The minimum absolute atomic E-state index is 0.335. The van der Waals surface area contributed by atoms with Crippen LogP contribution < -0.4 is 10.2 Å². The minimum Gasteiger partial charge on any atom is -0.466 e. The normalized spacial score (nSPS) is 15.3. The lowest BCUT2D eigenvalue weighted by Crippen LogP contribution is -2.36. The van der Waals surface area contributed by atoms with E-state index in [0.717, 1.165) is 32.0 Å². The first kappa shape index (κ1) is 19.0. The number of nitrogens with zero attached hydrogens (tertiary/aromatic N) is 1. The number of aryl methyl sites for hydroxylation is 2. The average molecular weight is 372 g/mol. The molecule has 7 nitrogen and oxygen atoms in total. The molecule has 0 bridgehead atoms. The maximum Gasteiger partial charge on any atom is 0.342 e. The molecule has 0 radical (unpaired) electrons. The van der Waals surface area contributed by atoms with Crippen LogP contribution in [0.3, 0.4) is 0 Å². The first-order chi connectivity index (χ1) is 12.9. The number of esters is 1. The van der Waals surface area contributed by atoms with E-state index >= 15 is 0 Å². The van der Waals surface area contributed by atoms with Crippen molar-refractivity contribution in [2.45, 2.75) is 26.9 Å². The smallest absolute Gasteiger partial charge is 0.342 e. The zero-order valence-corrected chi connectivity index (χ0v) is 15.8. The number of hydrogen-bond donors (Lipinski definition) is 1. The van der Waals surface area contributed by atoms with Crippen molar-refractivity contribution in [2.75, 3.05) is 36.5 Å². The standard InChI is InChI=1S/C20H24N2O5/c1-13-12-18(14(2)26-13)20(24)27-15(3)19(23)21-16-4-6-17(7-5-16)22-8-10-25-11-9-22/h4-7,12,15H,8-11H2,1-3H3,(H,21,23)/t15-/m0/s1. The van der Waals surface area contributed by atoms with E-state index in [4.69, 9.17) is 13.9 Å². The van der Waals surface area contributed by atoms with E-state index in [-0.39, 0.29) is 5.91 Å². The van der Waals surface area contributed by atoms with E-state index in [1.807, 2.05) is 24.3 Å². The highest BCUT2D eigenvalue weighted by Gasteiger charge is 2.22. The summed E-state index contributed by atoms with van der Waals surface area (Å²) in [6.45, 7) is 8.12. The third-order valence-corrected chi connectivity index (χ3v) is 4.43. The fourth-order valence-corrected chi connectivity index (χ4v) is 2.93. The molecule has 1 saturated heterocycles. The molecule has 1 aliphatic rings. The van der Waals surface area contributed by atoms with Crippen LogP contribution >= 0.6 is 0 Å². The minimum atomic E-state index is -0.925. The average Bonchev–Trinajstić information content (AvgIpc) is 3.01. The van der Waals surface area contributed by atoms with Gasteiger partial charge in [0, 0.05) is 24.5 Å². The first-order valence-corrected chi connectivity index (χ1v) is 8.95. The second-order valence-electron chi connectivity index (χ2n) is 6.51. The number of nitrogens with one attached hydrogen (secondary N) is 1. The van der Waals surface area contributed by atoms with E-state index < -0.39 is 12.1 Å². The number of carbonyl (C=O) groups is 2. The van der Waals surface area contributed by atoms with Gasteiger partial charge in [0.25, 0.3) is 5.91 Å². The Morgan fingerprint density at radius 2 is 1.81 bits per heavy atom. The molecular weight excluding hydrogens is 348 g/mol. The number of morpholine rings is 1. The van der Waals surface area contributed by atoms with Gasteiger partial charge < -0.3 is 24.1 Å². The summed E-state index contributed by atoms with van der Waals surface area (Å²) < 4.78 is 15.9. The number of amides is 1. The van der Waals surface area contributed by atoms with E-state index in [9.17, 15) is 9.59 Å². The molecule has 1 aromatic carbocycles. The molecule has 27 heavy (non-hydrogen) atoms. The topological polar surface area (TPSA) is 81.0 Å². The van der Waals surface area contributed by atoms with Crippen LogP contribution in [0.5, 0.6) is 0 Å². The Hall–Kier alpha value is -2.80. The first-order valence-electron chi connectivity index (χ1n) is 8.95. The van der Waals surface area contributed by atoms with E-state index in [2.05, 4.69) is 10.2 Å². The van der Waals surface area contributed by atoms with E-state index in [1.165, 1.54) is 6.92 Å². The van der Waals surface area contributed by atoms with Crippen LogP contribution in [0.4, 0.5) is 11.4 Å². The highest BCUT2D eigenvalue weighted by Crippen LogP contribution is 2.20. The van der Waals surface area contributed by atoms with Gasteiger partial charge in [0.15, 0.2) is 6.10 Å². The molecule has 1 amide bonds. The summed E-state index contributed by atoms with van der Waals surface area (Å²) in [7, 11) is 0. The lowest BCUT2D eigenvalue weighted by molar-refractivity contribution is -0.123. The van der Waals surface area contributed by atoms with Crippen molar-refractivity contribution in [3.8, 4) is 0 Å². The fourth-order valence-electron chi connectivity index (χ4n) is 2.93. The van der Waals surface area contributed by atoms with Crippen molar-refractivity contribution in [1.29, 1.82) is 0 Å². The summed E-state index contributed by atoms with van der Waals surface area (Å²) in [6.07, 6.45) is -0.925. The predicted molar refractivity (Wildman–Crippen MR) is 101 cm³/mol. The van der Waals surface area contributed by atoms with Crippen LogP contribution in [0.1, 0.15) is 28.8 Å². The van der Waals surface area contributed by atoms with E-state index in [1.54, 1.807) is 19.9 Å². The largest absolute Gasteiger partial charge is 0.466 e. The molecular formula is C20H24N2O5. The highest BCUT2D eigenvalue weighted by atomic mass is 16.5. The van der Waals surface area contributed by atoms with Gasteiger partial charge in [-0.1, -0.05) is 0 Å². The number of rotatable bonds is 5. The zero-order valence-electron chi connectivity index (χ0n) is 15.8. The molecule has 7 heteroatoms. The Balaban J connectivity index is 1.56. The molecule has 1 N–H and O–H groups in total. The summed E-state index contributed by atoms with van der Waals surface area (Å²) in [5.74, 6) is 0.135. The molecule has 1 atom stereocenters. The number of ether oxygens (including phenoxy) is 2. The second kappa shape index (κ2) is 8.26. The number of carbonyl (C=O) groups excluding carboxylic acids is 2. The number of hydrogen-bond acceptors (Lipinski definition) is 6. The van der Waals surface area contributed by atoms with Gasteiger partial charge in [-0.25, -0.2) is 4.79 Å². The van der Waals surface area contributed by atoms with Crippen molar-refractivity contribution < 1.29 is 23.5 Å². The summed E-state index contributed by atoms with van der Waals surface area (Å²) in [4.78, 5) is 26.7. The summed E-state index contributed by atoms with van der Waals surface area (Å²) in [5, 5.41) is 2.77. The molecule has 1 aliphatic heterocycles. The van der Waals surface area contributed by atoms with Crippen molar-refractivity contribution in [2.24, 2.45) is 0 Å². The third kappa shape index (κ3) is 4.68. The Bertz CT molecular complexity index is 806. The van der Waals surface area contributed by atoms with Crippen LogP contribution in [0.2, 0.25) is 0 Å². The number of anilines is 2. The maximum absolute atomic E-state index is 12.3. The summed E-state index contributed by atoms with van der Waals surface area (Å²) >= 11 is 0. The van der Waals surface area contributed by atoms with Crippen LogP contribution in [-0.2, 0) is 14.3 Å². The Kier molecular flexibility index (Phi) is 5.81. The van der Waals surface area contributed by atoms with Crippen LogP contribution in [-0.4, -0.2) is 44.3 Å². The fraction of sp³-hybridized carbons (Fsp3) is 0.400. The van der Waals surface area contributed by atoms with Gasteiger partial charge in [0.1, 0.15) is 17.1 Å². The van der Waals surface area contributed by atoms with Crippen molar-refractivity contribution in [3.63, 3.8) is 0 Å². The van der Waals surface area contributed by atoms with Crippen molar-refractivity contribution >= 4 is 23.3 Å². The second-order valence-corrected chi connectivity index (χ2v) is 6.51. The molecule has 1 aromatic heterocycles. The van der Waals surface area contributed by atoms with Crippen LogP contribution in [0.25, 0.3) is 0 Å². The molecule has 1 fully saturated rings. The SMILES string of the molecule is Cc1cc(C(=O)O[C@@H](C)C(=O)Nc2ccc(N3CCOCC3)cc2)c(C)o1. The quantitative estimate of drug-likeness (QED) is 0.813. The van der Waals surface area contributed by atoms with Gasteiger partial charge in [0.05, 0.1) is 13.2 Å². The maximum atomic E-state index is 12.3. The van der Waals surface area contributed by atoms with Crippen LogP contribution in [0.15, 0.2) is 34.7 Å². The Labute approximate surface area is 158 Å². The third-order valence-electron chi connectivity index (χ3n) is 4.43. The molecule has 0 spiro atoms. The Morgan fingerprint density at radius 1 is 1.15 bits per heavy atom. The summed E-state index contributed by atoms with van der Waals surface area (Å²) in [6, 6.07) is 9.18.